The van der Waals surface area contributed by atoms with Crippen LogP contribution in [0.1, 0.15) is 17.9 Å². The molecule has 1 heterocycles. The number of hydrogen-bond donors (Lipinski definition) is 1. The number of aliphatic hydroxyl groups excluding tert-OH is 1. The van der Waals surface area contributed by atoms with E-state index in [1.807, 2.05) is 12.1 Å². The smallest absolute Gasteiger partial charge is 0.162 e. The molecular weight excluding hydrogens is 312 g/mol. The topological polar surface area (TPSA) is 47.9 Å². The second kappa shape index (κ2) is 5.05. The van der Waals surface area contributed by atoms with Gasteiger partial charge in [-0.15, -0.1) is 0 Å². The quantitative estimate of drug-likeness (QED) is 0.865. The van der Waals surface area contributed by atoms with Gasteiger partial charge in [-0.25, -0.2) is 0 Å². The van der Waals surface area contributed by atoms with Crippen molar-refractivity contribution in [2.24, 2.45) is 5.92 Å². The third kappa shape index (κ3) is 2.00. The van der Waals surface area contributed by atoms with Crippen molar-refractivity contribution in [1.82, 2.24) is 0 Å². The highest BCUT2D eigenvalue weighted by molar-refractivity contribution is 9.10. The molecule has 1 N–H and O–H groups in total. The molecule has 4 atom stereocenters. The molecule has 3 rings (SSSR count). The second-order valence-corrected chi connectivity index (χ2v) is 5.91. The molecule has 0 radical (unpaired) electrons. The lowest BCUT2D eigenvalue weighted by Gasteiger charge is -2.27. The fourth-order valence-corrected chi connectivity index (χ4v) is 3.86. The third-order valence-corrected chi connectivity index (χ3v) is 4.76. The first-order valence-corrected chi connectivity index (χ1v) is 7.15. The fraction of sp³-hybridized carbons (Fsp3) is 0.571. The zero-order valence-electron chi connectivity index (χ0n) is 10.9. The summed E-state index contributed by atoms with van der Waals surface area (Å²) < 4.78 is 17.7. The van der Waals surface area contributed by atoms with Crippen LogP contribution < -0.4 is 4.74 Å². The van der Waals surface area contributed by atoms with Gasteiger partial charge in [0.1, 0.15) is 11.9 Å². The van der Waals surface area contributed by atoms with Crippen LogP contribution >= 0.6 is 15.9 Å². The highest BCUT2D eigenvalue weighted by atomic mass is 79.9. The van der Waals surface area contributed by atoms with Gasteiger partial charge < -0.3 is 19.3 Å². The summed E-state index contributed by atoms with van der Waals surface area (Å²) in [6, 6.07) is 6.01. The van der Waals surface area contributed by atoms with Crippen molar-refractivity contribution >= 4 is 15.9 Å². The molecule has 0 spiro atoms. The number of ether oxygens (including phenoxy) is 3. The Balaban J connectivity index is 2.00. The Labute approximate surface area is 120 Å². The molecule has 1 unspecified atom stereocenters. The molecule has 19 heavy (non-hydrogen) atoms. The number of rotatable bonds is 3. The number of hydrogen-bond acceptors (Lipinski definition) is 4. The van der Waals surface area contributed by atoms with Crippen LogP contribution in [-0.4, -0.2) is 37.8 Å². The van der Waals surface area contributed by atoms with Crippen molar-refractivity contribution in [3.63, 3.8) is 0 Å². The van der Waals surface area contributed by atoms with Crippen molar-refractivity contribution in [3.05, 3.63) is 28.2 Å². The van der Waals surface area contributed by atoms with Crippen LogP contribution in [0.2, 0.25) is 0 Å². The largest absolute Gasteiger partial charge is 0.488 e. The van der Waals surface area contributed by atoms with E-state index in [1.165, 1.54) is 0 Å². The summed E-state index contributed by atoms with van der Waals surface area (Å²) >= 11 is 3.51. The van der Waals surface area contributed by atoms with Gasteiger partial charge in [0.15, 0.2) is 6.29 Å². The van der Waals surface area contributed by atoms with E-state index in [0.29, 0.717) is 6.42 Å². The van der Waals surface area contributed by atoms with Gasteiger partial charge in [0, 0.05) is 38.0 Å². The fourth-order valence-electron chi connectivity index (χ4n) is 3.38. The normalized spacial score (nSPS) is 32.3. The van der Waals surface area contributed by atoms with Crippen molar-refractivity contribution in [2.45, 2.75) is 30.8 Å². The van der Waals surface area contributed by atoms with E-state index in [1.54, 1.807) is 14.2 Å². The molecule has 2 aliphatic rings. The van der Waals surface area contributed by atoms with Crippen LogP contribution in [0.5, 0.6) is 5.75 Å². The maximum absolute atomic E-state index is 10.3. The van der Waals surface area contributed by atoms with Crippen LogP contribution in [0.15, 0.2) is 22.7 Å². The molecule has 1 saturated carbocycles. The average molecular weight is 329 g/mol. The van der Waals surface area contributed by atoms with Crippen molar-refractivity contribution in [3.8, 4) is 5.75 Å². The monoisotopic (exact) mass is 328 g/mol. The van der Waals surface area contributed by atoms with Gasteiger partial charge >= 0.3 is 0 Å². The van der Waals surface area contributed by atoms with Crippen LogP contribution in [0.25, 0.3) is 0 Å². The number of aliphatic hydroxyl groups is 1. The summed E-state index contributed by atoms with van der Waals surface area (Å²) in [6.07, 6.45) is -0.272. The molecule has 0 saturated heterocycles. The maximum Gasteiger partial charge on any atom is 0.162 e. The van der Waals surface area contributed by atoms with E-state index in [9.17, 15) is 5.11 Å². The van der Waals surface area contributed by atoms with Gasteiger partial charge in [-0.2, -0.15) is 0 Å². The summed E-state index contributed by atoms with van der Waals surface area (Å²) in [6.45, 7) is 0. The molecule has 4 nitrogen and oxygen atoms in total. The van der Waals surface area contributed by atoms with Crippen LogP contribution in [0.3, 0.4) is 0 Å². The maximum atomic E-state index is 10.3. The number of fused-ring (bicyclic) bond motifs is 3. The highest BCUT2D eigenvalue weighted by Crippen LogP contribution is 2.53. The zero-order valence-corrected chi connectivity index (χ0v) is 12.5. The van der Waals surface area contributed by atoms with E-state index in [2.05, 4.69) is 22.0 Å². The Kier molecular flexibility index (Phi) is 3.55. The van der Waals surface area contributed by atoms with E-state index in [0.717, 1.165) is 15.8 Å². The Morgan fingerprint density at radius 2 is 2.11 bits per heavy atom. The van der Waals surface area contributed by atoms with Gasteiger partial charge in [0.25, 0.3) is 0 Å². The first-order chi connectivity index (χ1) is 9.17. The Morgan fingerprint density at radius 1 is 1.37 bits per heavy atom. The van der Waals surface area contributed by atoms with Gasteiger partial charge in [0.05, 0.1) is 10.6 Å². The third-order valence-electron chi connectivity index (χ3n) is 4.14. The van der Waals surface area contributed by atoms with Crippen LogP contribution in [-0.2, 0) is 9.47 Å². The predicted molar refractivity (Wildman–Crippen MR) is 73.2 cm³/mol. The summed E-state index contributed by atoms with van der Waals surface area (Å²) in [4.78, 5) is 0. The van der Waals surface area contributed by atoms with Gasteiger partial charge in [-0.05, 0) is 22.0 Å². The molecule has 0 bridgehead atoms. The molecule has 5 heteroatoms. The standard InChI is InChI=1S/C14H17BrO4/c1-17-14(18-2)12-9(16)6-10-11(12)7-4-3-5-8(15)13(7)19-10/h3-5,9-12,14,16H,6H2,1-2H3/t9-,10+,11?,12+/m1/s1. The van der Waals surface area contributed by atoms with Crippen LogP contribution in [0, 0.1) is 5.92 Å². The highest BCUT2D eigenvalue weighted by Gasteiger charge is 2.53. The minimum absolute atomic E-state index is 0.00139. The molecule has 1 aromatic rings. The summed E-state index contributed by atoms with van der Waals surface area (Å²) in [5, 5.41) is 10.3. The summed E-state index contributed by atoms with van der Waals surface area (Å²) in [5.41, 5.74) is 1.13. The Bertz CT molecular complexity index is 475. The number of benzene rings is 1. The molecule has 1 aliphatic heterocycles. The SMILES string of the molecule is COC(OC)[C@@H]1C2c3cccc(Br)c3O[C@H]2C[C@H]1O. The molecule has 1 aromatic carbocycles. The van der Waals surface area contributed by atoms with E-state index in [-0.39, 0.29) is 17.9 Å². The average Bonchev–Trinajstić information content (AvgIpc) is 2.89. The zero-order chi connectivity index (χ0) is 13.6. The van der Waals surface area contributed by atoms with Gasteiger partial charge in [-0.1, -0.05) is 12.1 Å². The molecular formula is C14H17BrO4. The molecule has 0 aromatic heterocycles. The predicted octanol–water partition coefficient (Wildman–Crippen LogP) is 2.29. The lowest BCUT2D eigenvalue weighted by Crippen LogP contribution is -2.34. The van der Waals surface area contributed by atoms with Crippen LogP contribution in [0.4, 0.5) is 0 Å². The van der Waals surface area contributed by atoms with E-state index >= 15 is 0 Å². The summed E-state index contributed by atoms with van der Waals surface area (Å²) in [7, 11) is 3.21. The number of methoxy groups -OCH3 is 2. The number of halogens is 1. The first kappa shape index (κ1) is 13.4. The molecule has 0 amide bonds. The van der Waals surface area contributed by atoms with Gasteiger partial charge in [-0.3, -0.25) is 0 Å². The number of para-hydroxylation sites is 1. The minimum atomic E-state index is -0.466. The lowest BCUT2D eigenvalue weighted by atomic mass is 9.87. The van der Waals surface area contributed by atoms with Gasteiger partial charge in [0.2, 0.25) is 0 Å². The van der Waals surface area contributed by atoms with E-state index < -0.39 is 12.4 Å². The molecule has 1 fully saturated rings. The summed E-state index contributed by atoms with van der Waals surface area (Å²) in [5.74, 6) is 0.906. The second-order valence-electron chi connectivity index (χ2n) is 5.06. The van der Waals surface area contributed by atoms with Crippen molar-refractivity contribution < 1.29 is 19.3 Å². The molecule has 1 aliphatic carbocycles. The Hall–Kier alpha value is -0.620. The Morgan fingerprint density at radius 3 is 2.79 bits per heavy atom. The van der Waals surface area contributed by atoms with Crippen molar-refractivity contribution in [2.75, 3.05) is 14.2 Å². The minimum Gasteiger partial charge on any atom is -0.488 e. The lowest BCUT2D eigenvalue weighted by molar-refractivity contribution is -0.158. The van der Waals surface area contributed by atoms with E-state index in [4.69, 9.17) is 14.2 Å². The first-order valence-electron chi connectivity index (χ1n) is 6.36. The molecule has 104 valence electrons. The van der Waals surface area contributed by atoms with Crippen molar-refractivity contribution in [1.29, 1.82) is 0 Å².